The van der Waals surface area contributed by atoms with Gasteiger partial charge < -0.3 is 11.1 Å². The minimum absolute atomic E-state index is 0.0872. The second kappa shape index (κ2) is 9.37. The molecule has 4 heterocycles. The minimum Gasteiger partial charge on any atom is -0.382 e. The van der Waals surface area contributed by atoms with E-state index < -0.39 is 5.91 Å². The molecule has 0 spiro atoms. The van der Waals surface area contributed by atoms with Gasteiger partial charge in [0.2, 0.25) is 0 Å². The highest BCUT2D eigenvalue weighted by atomic mass is 32.1. The molecule has 0 aliphatic heterocycles. The third kappa shape index (κ3) is 4.60. The number of pyridine rings is 1. The molecule has 172 valence electrons. The number of nitrogens with zero attached hydrogens (tertiary/aromatic N) is 5. The summed E-state index contributed by atoms with van der Waals surface area (Å²) in [5.74, 6) is 6.08. The Kier molecular flexibility index (Phi) is 5.95. The van der Waals surface area contributed by atoms with Crippen LogP contribution in [0.5, 0.6) is 0 Å². The van der Waals surface area contributed by atoms with Crippen LogP contribution in [0.4, 0.5) is 5.82 Å². The van der Waals surface area contributed by atoms with Crippen LogP contribution in [-0.4, -0.2) is 30.6 Å². The molecule has 5 aromatic rings. The van der Waals surface area contributed by atoms with Gasteiger partial charge in [-0.15, -0.1) is 11.3 Å². The largest absolute Gasteiger partial charge is 0.382 e. The van der Waals surface area contributed by atoms with Gasteiger partial charge in [-0.1, -0.05) is 42.2 Å². The Labute approximate surface area is 205 Å². The average Bonchev–Trinajstić information content (AvgIpc) is 3.47. The summed E-state index contributed by atoms with van der Waals surface area (Å²) in [6.07, 6.45) is 6.50. The van der Waals surface area contributed by atoms with E-state index in [0.29, 0.717) is 0 Å². The predicted molar refractivity (Wildman–Crippen MR) is 137 cm³/mol. The van der Waals surface area contributed by atoms with E-state index >= 15 is 0 Å². The molecule has 8 nitrogen and oxygen atoms in total. The third-order valence-electron chi connectivity index (χ3n) is 5.43. The van der Waals surface area contributed by atoms with E-state index in [1.54, 1.807) is 22.2 Å². The lowest BCUT2D eigenvalue weighted by molar-refractivity contribution is 0.0935. The van der Waals surface area contributed by atoms with Crippen LogP contribution in [-0.2, 0) is 7.05 Å². The van der Waals surface area contributed by atoms with Gasteiger partial charge in [0.05, 0.1) is 39.3 Å². The van der Waals surface area contributed by atoms with Crippen LogP contribution >= 0.6 is 11.3 Å². The van der Waals surface area contributed by atoms with E-state index in [1.165, 1.54) is 12.4 Å². The van der Waals surface area contributed by atoms with E-state index in [2.05, 4.69) is 38.3 Å². The maximum absolute atomic E-state index is 12.8. The maximum atomic E-state index is 12.8. The van der Waals surface area contributed by atoms with Crippen LogP contribution in [0.2, 0.25) is 0 Å². The average molecular weight is 480 g/mol. The molecule has 0 bridgehead atoms. The van der Waals surface area contributed by atoms with E-state index in [1.807, 2.05) is 55.9 Å². The highest BCUT2D eigenvalue weighted by molar-refractivity contribution is 7.17. The predicted octanol–water partition coefficient (Wildman–Crippen LogP) is 3.96. The number of benzene rings is 1. The number of amides is 1. The Morgan fingerprint density at radius 2 is 1.97 bits per heavy atom. The standard InChI is InChI=1S/C26H21N7OS/c1-16(31-26(34)24-25(27)29-11-10-28-24)20-12-21-23(32-22(20)18-6-4-3-5-7-18)19(15-35-21)9-8-17-13-30-33(2)14-17/h3-7,10-16H,1-2H3,(H2,27,29)(H,31,34)/t16-/m1/s1. The molecule has 0 saturated heterocycles. The van der Waals surface area contributed by atoms with Crippen LogP contribution in [0.15, 0.2) is 66.6 Å². The number of carbonyl (C=O) groups is 1. The highest BCUT2D eigenvalue weighted by Crippen LogP contribution is 2.34. The summed E-state index contributed by atoms with van der Waals surface area (Å²) >= 11 is 1.57. The molecular weight excluding hydrogens is 458 g/mol. The normalized spacial score (nSPS) is 11.6. The summed E-state index contributed by atoms with van der Waals surface area (Å²) in [6, 6.07) is 11.6. The topological polar surface area (TPSA) is 112 Å². The first-order chi connectivity index (χ1) is 17.0. The number of hydrogen-bond acceptors (Lipinski definition) is 7. The molecule has 0 unspecified atom stereocenters. The Bertz CT molecular complexity index is 1590. The summed E-state index contributed by atoms with van der Waals surface area (Å²) in [5, 5.41) is 9.16. The van der Waals surface area contributed by atoms with Gasteiger partial charge in [-0.25, -0.2) is 15.0 Å². The van der Waals surface area contributed by atoms with E-state index in [0.717, 1.165) is 38.2 Å². The molecule has 0 saturated carbocycles. The highest BCUT2D eigenvalue weighted by Gasteiger charge is 2.21. The van der Waals surface area contributed by atoms with Gasteiger partial charge in [-0.05, 0) is 13.0 Å². The van der Waals surface area contributed by atoms with Crippen molar-refractivity contribution in [3.05, 3.63) is 88.9 Å². The maximum Gasteiger partial charge on any atom is 0.274 e. The molecular formula is C26H21N7OS. The fraction of sp³-hybridized carbons (Fsp3) is 0.115. The van der Waals surface area contributed by atoms with Crippen molar-refractivity contribution in [1.29, 1.82) is 0 Å². The van der Waals surface area contributed by atoms with Crippen molar-refractivity contribution in [2.45, 2.75) is 13.0 Å². The van der Waals surface area contributed by atoms with Gasteiger partial charge in [-0.3, -0.25) is 9.48 Å². The summed E-state index contributed by atoms with van der Waals surface area (Å²) in [5.41, 5.74) is 11.1. The van der Waals surface area contributed by atoms with Crippen molar-refractivity contribution in [3.63, 3.8) is 0 Å². The first kappa shape index (κ1) is 22.3. The number of nitrogens with two attached hydrogens (primary N) is 1. The van der Waals surface area contributed by atoms with Gasteiger partial charge in [0, 0.05) is 42.1 Å². The molecule has 3 N–H and O–H groups in total. The molecule has 35 heavy (non-hydrogen) atoms. The molecule has 4 aromatic heterocycles. The van der Waals surface area contributed by atoms with Crippen LogP contribution in [0, 0.1) is 11.8 Å². The number of anilines is 1. The minimum atomic E-state index is -0.392. The van der Waals surface area contributed by atoms with Crippen LogP contribution in [0.1, 0.15) is 40.1 Å². The zero-order valence-corrected chi connectivity index (χ0v) is 19.9. The lowest BCUT2D eigenvalue weighted by Crippen LogP contribution is -2.29. The SMILES string of the molecule is C[C@@H](NC(=O)c1nccnc1N)c1cc2scc(C#Cc3cnn(C)c3)c2nc1-c1ccccc1. The van der Waals surface area contributed by atoms with Crippen molar-refractivity contribution in [2.75, 3.05) is 5.73 Å². The van der Waals surface area contributed by atoms with Crippen molar-refractivity contribution in [3.8, 4) is 23.1 Å². The summed E-state index contributed by atoms with van der Waals surface area (Å²) in [7, 11) is 1.86. The number of fused-ring (bicyclic) bond motifs is 1. The molecule has 0 fully saturated rings. The van der Waals surface area contributed by atoms with Crippen molar-refractivity contribution in [1.82, 2.24) is 30.0 Å². The Morgan fingerprint density at radius 1 is 1.17 bits per heavy atom. The second-order valence-electron chi connectivity index (χ2n) is 7.93. The van der Waals surface area contributed by atoms with Crippen LogP contribution in [0.3, 0.4) is 0 Å². The zero-order chi connectivity index (χ0) is 24.4. The molecule has 1 atom stereocenters. The van der Waals surface area contributed by atoms with E-state index in [4.69, 9.17) is 10.7 Å². The number of nitrogen functional groups attached to an aromatic ring is 1. The van der Waals surface area contributed by atoms with Gasteiger partial charge in [-0.2, -0.15) is 5.10 Å². The lowest BCUT2D eigenvalue weighted by atomic mass is 10.00. The number of aryl methyl sites for hydroxylation is 1. The number of hydrogen-bond donors (Lipinski definition) is 2. The first-order valence-corrected chi connectivity index (χ1v) is 11.7. The van der Waals surface area contributed by atoms with Crippen LogP contribution in [0.25, 0.3) is 21.5 Å². The number of carbonyl (C=O) groups excluding carboxylic acids is 1. The van der Waals surface area contributed by atoms with Gasteiger partial charge in [0.1, 0.15) is 0 Å². The van der Waals surface area contributed by atoms with Gasteiger partial charge in [0.25, 0.3) is 5.91 Å². The fourth-order valence-corrected chi connectivity index (χ4v) is 4.59. The lowest BCUT2D eigenvalue weighted by Gasteiger charge is -2.18. The number of nitrogens with one attached hydrogen (secondary N) is 1. The molecule has 1 amide bonds. The quantitative estimate of drug-likeness (QED) is 0.378. The smallest absolute Gasteiger partial charge is 0.274 e. The van der Waals surface area contributed by atoms with Gasteiger partial charge >= 0.3 is 0 Å². The summed E-state index contributed by atoms with van der Waals surface area (Å²) in [6.45, 7) is 1.91. The molecule has 0 aliphatic rings. The Morgan fingerprint density at radius 3 is 2.71 bits per heavy atom. The molecule has 5 rings (SSSR count). The van der Waals surface area contributed by atoms with E-state index in [9.17, 15) is 4.79 Å². The number of aromatic nitrogens is 5. The monoisotopic (exact) mass is 479 g/mol. The summed E-state index contributed by atoms with van der Waals surface area (Å²) in [4.78, 5) is 25.9. The van der Waals surface area contributed by atoms with Crippen molar-refractivity contribution in [2.24, 2.45) is 7.05 Å². The Hall–Kier alpha value is -4.55. The molecule has 0 aliphatic carbocycles. The van der Waals surface area contributed by atoms with Crippen LogP contribution < -0.4 is 11.1 Å². The molecule has 1 aromatic carbocycles. The molecule has 9 heteroatoms. The first-order valence-electron chi connectivity index (χ1n) is 10.8. The Balaban J connectivity index is 1.56. The number of thiophene rings is 1. The van der Waals surface area contributed by atoms with Crippen molar-refractivity contribution >= 4 is 33.3 Å². The fourth-order valence-electron chi connectivity index (χ4n) is 3.71. The van der Waals surface area contributed by atoms with E-state index in [-0.39, 0.29) is 17.6 Å². The van der Waals surface area contributed by atoms with Gasteiger partial charge in [0.15, 0.2) is 11.5 Å². The zero-order valence-electron chi connectivity index (χ0n) is 19.1. The molecule has 0 radical (unpaired) electrons. The second-order valence-corrected chi connectivity index (χ2v) is 8.84. The summed E-state index contributed by atoms with van der Waals surface area (Å²) < 4.78 is 2.70. The third-order valence-corrected chi connectivity index (χ3v) is 6.34. The number of rotatable bonds is 4. The van der Waals surface area contributed by atoms with Crippen molar-refractivity contribution < 1.29 is 4.79 Å².